The minimum atomic E-state index is -0.322. The lowest BCUT2D eigenvalue weighted by Gasteiger charge is -2.19. The standard InChI is InChI=1S/C18H25N3O4/c1-24-16-4-2-3-15(11-16)21-7-5-14(13-21)12-19-17(22)6-8-20-9-10-25-18(20)23/h2-4,11,14H,5-10,12-13H2,1H3,(H,19,22). The third-order valence-electron chi connectivity index (χ3n) is 4.75. The molecule has 7 nitrogen and oxygen atoms in total. The lowest BCUT2D eigenvalue weighted by Crippen LogP contribution is -2.34. The molecule has 1 atom stereocenters. The number of rotatable bonds is 7. The van der Waals surface area contributed by atoms with E-state index in [1.165, 1.54) is 0 Å². The summed E-state index contributed by atoms with van der Waals surface area (Å²) in [6, 6.07) is 8.05. The molecule has 2 aliphatic heterocycles. The fourth-order valence-corrected chi connectivity index (χ4v) is 3.25. The number of ether oxygens (including phenoxy) is 2. The number of benzene rings is 1. The van der Waals surface area contributed by atoms with Crippen molar-refractivity contribution in [2.24, 2.45) is 5.92 Å². The second-order valence-electron chi connectivity index (χ2n) is 6.46. The van der Waals surface area contributed by atoms with Gasteiger partial charge in [-0.1, -0.05) is 6.07 Å². The van der Waals surface area contributed by atoms with Crippen LogP contribution in [0.15, 0.2) is 24.3 Å². The first-order valence-electron chi connectivity index (χ1n) is 8.73. The summed E-state index contributed by atoms with van der Waals surface area (Å²) < 4.78 is 10.1. The quantitative estimate of drug-likeness (QED) is 0.809. The monoisotopic (exact) mass is 347 g/mol. The fourth-order valence-electron chi connectivity index (χ4n) is 3.25. The number of nitrogens with zero attached hydrogens (tertiary/aromatic N) is 2. The van der Waals surface area contributed by atoms with Crippen molar-refractivity contribution in [2.75, 3.05) is 51.3 Å². The molecule has 2 amide bonds. The second kappa shape index (κ2) is 8.09. The van der Waals surface area contributed by atoms with E-state index in [0.717, 1.165) is 30.9 Å². The molecule has 0 aliphatic carbocycles. The second-order valence-corrected chi connectivity index (χ2v) is 6.46. The summed E-state index contributed by atoms with van der Waals surface area (Å²) in [6.45, 7) is 3.99. The van der Waals surface area contributed by atoms with Crippen LogP contribution in [-0.4, -0.2) is 63.3 Å². The molecule has 1 N–H and O–H groups in total. The summed E-state index contributed by atoms with van der Waals surface area (Å²) in [7, 11) is 1.67. The van der Waals surface area contributed by atoms with E-state index in [0.29, 0.717) is 38.6 Å². The van der Waals surface area contributed by atoms with Gasteiger partial charge in [-0.3, -0.25) is 4.79 Å². The van der Waals surface area contributed by atoms with Crippen LogP contribution < -0.4 is 15.0 Å². The number of carbonyl (C=O) groups is 2. The van der Waals surface area contributed by atoms with Gasteiger partial charge in [0.05, 0.1) is 13.7 Å². The Morgan fingerprint density at radius 3 is 3.04 bits per heavy atom. The summed E-state index contributed by atoms with van der Waals surface area (Å²) in [5, 5.41) is 2.99. The van der Waals surface area contributed by atoms with Crippen LogP contribution in [0, 0.1) is 5.92 Å². The zero-order valence-electron chi connectivity index (χ0n) is 14.6. The summed E-state index contributed by atoms with van der Waals surface area (Å²) in [6.07, 6.45) is 1.05. The SMILES string of the molecule is COc1cccc(N2CCC(CNC(=O)CCN3CCOC3=O)C2)c1. The van der Waals surface area contributed by atoms with Crippen molar-refractivity contribution in [2.45, 2.75) is 12.8 Å². The van der Waals surface area contributed by atoms with E-state index < -0.39 is 0 Å². The molecule has 0 bridgehead atoms. The minimum Gasteiger partial charge on any atom is -0.497 e. The van der Waals surface area contributed by atoms with Gasteiger partial charge in [-0.05, 0) is 24.5 Å². The highest BCUT2D eigenvalue weighted by atomic mass is 16.6. The number of hydrogen-bond donors (Lipinski definition) is 1. The largest absolute Gasteiger partial charge is 0.497 e. The maximum Gasteiger partial charge on any atom is 0.409 e. The van der Waals surface area contributed by atoms with E-state index in [1.54, 1.807) is 12.0 Å². The van der Waals surface area contributed by atoms with Gasteiger partial charge >= 0.3 is 6.09 Å². The van der Waals surface area contributed by atoms with Crippen LogP contribution in [0.3, 0.4) is 0 Å². The van der Waals surface area contributed by atoms with Gasteiger partial charge in [-0.15, -0.1) is 0 Å². The van der Waals surface area contributed by atoms with E-state index in [2.05, 4.69) is 16.3 Å². The number of anilines is 1. The van der Waals surface area contributed by atoms with Gasteiger partial charge in [-0.2, -0.15) is 0 Å². The molecule has 0 spiro atoms. The number of cyclic esters (lactones) is 1. The molecule has 1 aromatic carbocycles. The van der Waals surface area contributed by atoms with Crippen LogP contribution in [0.1, 0.15) is 12.8 Å². The van der Waals surface area contributed by atoms with E-state index in [9.17, 15) is 9.59 Å². The van der Waals surface area contributed by atoms with Gasteiger partial charge in [0.25, 0.3) is 0 Å². The summed E-state index contributed by atoms with van der Waals surface area (Å²) >= 11 is 0. The van der Waals surface area contributed by atoms with E-state index >= 15 is 0 Å². The van der Waals surface area contributed by atoms with Crippen LogP contribution in [0.25, 0.3) is 0 Å². The molecular formula is C18H25N3O4. The lowest BCUT2D eigenvalue weighted by molar-refractivity contribution is -0.121. The number of carbonyl (C=O) groups excluding carboxylic acids is 2. The first kappa shape index (κ1) is 17.4. The molecule has 1 aromatic rings. The molecule has 136 valence electrons. The Morgan fingerprint density at radius 1 is 1.40 bits per heavy atom. The predicted octanol–water partition coefficient (Wildman–Crippen LogP) is 1.48. The van der Waals surface area contributed by atoms with Gasteiger partial charge in [0.1, 0.15) is 12.4 Å². The molecule has 3 rings (SSSR count). The first-order valence-corrected chi connectivity index (χ1v) is 8.73. The molecule has 2 aliphatic rings. The Balaban J connectivity index is 1.39. The number of methoxy groups -OCH3 is 1. The Labute approximate surface area is 147 Å². The average molecular weight is 347 g/mol. The molecule has 0 aromatic heterocycles. The van der Waals surface area contributed by atoms with Crippen molar-refractivity contribution in [1.82, 2.24) is 10.2 Å². The molecule has 7 heteroatoms. The van der Waals surface area contributed by atoms with Crippen molar-refractivity contribution in [3.8, 4) is 5.75 Å². The highest BCUT2D eigenvalue weighted by Gasteiger charge is 2.24. The maximum atomic E-state index is 12.0. The molecule has 2 heterocycles. The summed E-state index contributed by atoms with van der Waals surface area (Å²) in [5.41, 5.74) is 1.15. The molecule has 1 unspecified atom stereocenters. The molecule has 0 radical (unpaired) electrons. The van der Waals surface area contributed by atoms with Gasteiger partial charge in [-0.25, -0.2) is 4.79 Å². The van der Waals surface area contributed by atoms with Gasteiger partial charge in [0, 0.05) is 44.4 Å². The van der Waals surface area contributed by atoms with Crippen LogP contribution >= 0.6 is 0 Å². The molecule has 2 saturated heterocycles. The fraction of sp³-hybridized carbons (Fsp3) is 0.556. The van der Waals surface area contributed by atoms with Crippen molar-refractivity contribution < 1.29 is 19.1 Å². The van der Waals surface area contributed by atoms with Gasteiger partial charge in [0.2, 0.25) is 5.91 Å². The maximum absolute atomic E-state index is 12.0. The first-order chi connectivity index (χ1) is 12.2. The molecule has 2 fully saturated rings. The zero-order valence-corrected chi connectivity index (χ0v) is 14.6. The van der Waals surface area contributed by atoms with Gasteiger partial charge in [0.15, 0.2) is 0 Å². The van der Waals surface area contributed by atoms with Crippen LogP contribution in [-0.2, 0) is 9.53 Å². The normalized spacial score (nSPS) is 19.9. The highest BCUT2D eigenvalue weighted by Crippen LogP contribution is 2.26. The van der Waals surface area contributed by atoms with E-state index in [-0.39, 0.29) is 12.0 Å². The Bertz CT molecular complexity index is 622. The van der Waals surface area contributed by atoms with Crippen LogP contribution in [0.5, 0.6) is 5.75 Å². The van der Waals surface area contributed by atoms with Crippen molar-refractivity contribution >= 4 is 17.7 Å². The Kier molecular flexibility index (Phi) is 5.63. The Hall–Kier alpha value is -2.44. The number of hydrogen-bond acceptors (Lipinski definition) is 5. The van der Waals surface area contributed by atoms with Crippen molar-refractivity contribution in [3.05, 3.63) is 24.3 Å². The zero-order chi connectivity index (χ0) is 17.6. The van der Waals surface area contributed by atoms with E-state index in [1.807, 2.05) is 18.2 Å². The topological polar surface area (TPSA) is 71.1 Å². The average Bonchev–Trinajstić information content (AvgIpc) is 3.27. The Morgan fingerprint density at radius 2 is 2.28 bits per heavy atom. The summed E-state index contributed by atoms with van der Waals surface area (Å²) in [4.78, 5) is 27.2. The van der Waals surface area contributed by atoms with Gasteiger partial charge < -0.3 is 24.6 Å². The molecular weight excluding hydrogens is 322 g/mol. The molecule has 25 heavy (non-hydrogen) atoms. The smallest absolute Gasteiger partial charge is 0.409 e. The van der Waals surface area contributed by atoms with Crippen LogP contribution in [0.4, 0.5) is 10.5 Å². The number of nitrogens with one attached hydrogen (secondary N) is 1. The third kappa shape index (κ3) is 4.55. The number of amides is 2. The van der Waals surface area contributed by atoms with Crippen LogP contribution in [0.2, 0.25) is 0 Å². The van der Waals surface area contributed by atoms with Crippen molar-refractivity contribution in [3.63, 3.8) is 0 Å². The van der Waals surface area contributed by atoms with E-state index in [4.69, 9.17) is 9.47 Å². The molecule has 0 saturated carbocycles. The summed E-state index contributed by atoms with van der Waals surface area (Å²) in [5.74, 6) is 1.28. The highest BCUT2D eigenvalue weighted by molar-refractivity contribution is 5.77. The predicted molar refractivity (Wildman–Crippen MR) is 93.9 cm³/mol. The van der Waals surface area contributed by atoms with Crippen molar-refractivity contribution in [1.29, 1.82) is 0 Å². The third-order valence-corrected chi connectivity index (χ3v) is 4.75. The minimum absolute atomic E-state index is 0.0143. The lowest BCUT2D eigenvalue weighted by atomic mass is 10.1.